The molecular weight excluding hydrogens is 618 g/mol. The first-order valence-corrected chi connectivity index (χ1v) is 19.0. The number of hydrogen-bond donors (Lipinski definition) is 1. The normalized spacial score (nSPS) is 20.5. The van der Waals surface area contributed by atoms with Gasteiger partial charge in [-0.25, -0.2) is 4.79 Å². The lowest BCUT2D eigenvalue weighted by Crippen LogP contribution is -2.54. The van der Waals surface area contributed by atoms with Crippen LogP contribution < -0.4 is 16.2 Å². The summed E-state index contributed by atoms with van der Waals surface area (Å²) >= 11 is 6.92. The lowest BCUT2D eigenvalue weighted by atomic mass is 9.79. The Morgan fingerprint density at radius 1 is 0.957 bits per heavy atom. The van der Waals surface area contributed by atoms with Crippen LogP contribution in [0.2, 0.25) is 18.1 Å². The Morgan fingerprint density at radius 2 is 1.52 bits per heavy atom. The highest BCUT2D eigenvalue weighted by molar-refractivity contribution is 6.74. The Balaban J connectivity index is 1.70. The van der Waals surface area contributed by atoms with Gasteiger partial charge in [0.15, 0.2) is 8.32 Å². The van der Waals surface area contributed by atoms with E-state index in [1.807, 2.05) is 60.7 Å². The minimum absolute atomic E-state index is 0.0480. The summed E-state index contributed by atoms with van der Waals surface area (Å²) in [6.07, 6.45) is 0.590. The third kappa shape index (κ3) is 6.52. The van der Waals surface area contributed by atoms with Crippen LogP contribution in [0.5, 0.6) is 5.75 Å². The van der Waals surface area contributed by atoms with Crippen LogP contribution in [0.1, 0.15) is 50.1 Å². The third-order valence-corrected chi connectivity index (χ3v) is 14.4. The van der Waals surface area contributed by atoms with Crippen molar-refractivity contribution in [3.63, 3.8) is 0 Å². The molecule has 0 saturated carbocycles. The molecule has 8 nitrogen and oxygen atoms in total. The van der Waals surface area contributed by atoms with Gasteiger partial charge in [-0.05, 0) is 53.0 Å². The maximum atomic E-state index is 13.1. The van der Waals surface area contributed by atoms with Gasteiger partial charge < -0.3 is 24.4 Å². The first-order chi connectivity index (χ1) is 21.8. The zero-order valence-electron chi connectivity index (χ0n) is 27.4. The minimum Gasteiger partial charge on any atom is -0.497 e. The highest BCUT2D eigenvalue weighted by Crippen LogP contribution is 2.49. The SMILES string of the molecule is COc1ccc(C(O[C@@H]2C[C@H](n3ccc(N)nc3=O)O[C@]2(CCl)CO[Si](C)(C)C(C)(C)C)(c2ccccc2)c2ccccc2)cc1. The molecule has 0 aliphatic carbocycles. The first-order valence-electron chi connectivity index (χ1n) is 15.5. The Hall–Kier alpha value is -3.47. The molecule has 2 heterocycles. The molecule has 0 unspecified atom stereocenters. The van der Waals surface area contributed by atoms with Gasteiger partial charge in [-0.3, -0.25) is 4.57 Å². The number of aromatic nitrogens is 2. The molecule has 1 aliphatic heterocycles. The average molecular weight is 662 g/mol. The molecule has 0 spiro atoms. The van der Waals surface area contributed by atoms with Crippen molar-refractivity contribution in [1.29, 1.82) is 0 Å². The number of alkyl halides is 1. The van der Waals surface area contributed by atoms with Crippen molar-refractivity contribution in [3.05, 3.63) is 124 Å². The molecule has 0 radical (unpaired) electrons. The predicted octanol–water partition coefficient (Wildman–Crippen LogP) is 7.13. The molecule has 10 heteroatoms. The molecule has 244 valence electrons. The van der Waals surface area contributed by atoms with Crippen molar-refractivity contribution in [2.75, 3.05) is 25.3 Å². The number of methoxy groups -OCH3 is 1. The summed E-state index contributed by atoms with van der Waals surface area (Å²) in [5, 5.41) is -0.0480. The fourth-order valence-electron chi connectivity index (χ4n) is 5.65. The molecule has 3 aromatic carbocycles. The van der Waals surface area contributed by atoms with Crippen LogP contribution in [-0.4, -0.2) is 49.2 Å². The standard InChI is InChI=1S/C36H44ClN3O5Si/c1-34(2,3)46(5,6)43-25-35(24-37)30(23-32(45-35)40-22-21-31(38)39-33(40)41)44-36(26-13-9-7-10-14-26,27-15-11-8-12-16-27)28-17-19-29(42-4)20-18-28/h7-22,30,32H,23-25H2,1-6H3,(H2,38,39,41)/t30-,32-,35-/m1/s1. The first kappa shape index (κ1) is 33.9. The lowest BCUT2D eigenvalue weighted by Gasteiger charge is -2.44. The van der Waals surface area contributed by atoms with Gasteiger partial charge in [0, 0.05) is 12.6 Å². The van der Waals surface area contributed by atoms with Crippen molar-refractivity contribution >= 4 is 25.7 Å². The van der Waals surface area contributed by atoms with Crippen molar-refractivity contribution in [1.82, 2.24) is 9.55 Å². The van der Waals surface area contributed by atoms with Crippen LogP contribution in [0.3, 0.4) is 0 Å². The molecule has 1 aromatic heterocycles. The van der Waals surface area contributed by atoms with E-state index in [-0.39, 0.29) is 23.3 Å². The number of nitrogens with two attached hydrogens (primary N) is 1. The minimum atomic E-state index is -2.25. The van der Waals surface area contributed by atoms with E-state index in [0.29, 0.717) is 6.42 Å². The fourth-order valence-corrected chi connectivity index (χ4v) is 7.01. The molecule has 1 saturated heterocycles. The largest absolute Gasteiger partial charge is 0.497 e. The van der Waals surface area contributed by atoms with Gasteiger partial charge in [0.2, 0.25) is 0 Å². The molecule has 2 N–H and O–H groups in total. The quantitative estimate of drug-likeness (QED) is 0.104. The van der Waals surface area contributed by atoms with Crippen molar-refractivity contribution < 1.29 is 18.6 Å². The number of halogens is 1. The van der Waals surface area contributed by atoms with Gasteiger partial charge in [0.05, 0.1) is 25.7 Å². The second kappa shape index (κ2) is 13.3. The topological polar surface area (TPSA) is 97.8 Å². The number of benzene rings is 3. The molecule has 0 amide bonds. The zero-order chi connectivity index (χ0) is 33.2. The summed E-state index contributed by atoms with van der Waals surface area (Å²) < 4.78 is 28.1. The molecule has 1 fully saturated rings. The van der Waals surface area contributed by atoms with Crippen LogP contribution in [-0.2, 0) is 19.5 Å². The van der Waals surface area contributed by atoms with Gasteiger partial charge in [0.25, 0.3) is 0 Å². The number of anilines is 1. The molecule has 1 aliphatic rings. The smallest absolute Gasteiger partial charge is 0.351 e. The maximum absolute atomic E-state index is 13.1. The van der Waals surface area contributed by atoms with E-state index < -0.39 is 37.5 Å². The van der Waals surface area contributed by atoms with Gasteiger partial charge in [-0.2, -0.15) is 4.98 Å². The fraction of sp³-hybridized carbons (Fsp3) is 0.389. The zero-order valence-corrected chi connectivity index (χ0v) is 29.2. The van der Waals surface area contributed by atoms with Gasteiger partial charge in [-0.15, -0.1) is 11.6 Å². The average Bonchev–Trinajstić information content (AvgIpc) is 3.41. The van der Waals surface area contributed by atoms with E-state index in [0.717, 1.165) is 22.4 Å². The van der Waals surface area contributed by atoms with Crippen molar-refractivity contribution in [2.24, 2.45) is 0 Å². The second-order valence-corrected chi connectivity index (χ2v) is 18.4. The lowest BCUT2D eigenvalue weighted by molar-refractivity contribution is -0.150. The van der Waals surface area contributed by atoms with E-state index in [1.54, 1.807) is 19.4 Å². The summed E-state index contributed by atoms with van der Waals surface area (Å²) in [7, 11) is -0.604. The highest BCUT2D eigenvalue weighted by atomic mass is 35.5. The van der Waals surface area contributed by atoms with Crippen molar-refractivity contribution in [2.45, 2.75) is 68.9 Å². The Kier molecular flexibility index (Phi) is 9.82. The van der Waals surface area contributed by atoms with Crippen LogP contribution in [0, 0.1) is 0 Å². The molecule has 3 atom stereocenters. The van der Waals surface area contributed by atoms with E-state index in [1.165, 1.54) is 4.57 Å². The Morgan fingerprint density at radius 3 is 2.02 bits per heavy atom. The van der Waals surface area contributed by atoms with Gasteiger partial charge in [-0.1, -0.05) is 93.6 Å². The summed E-state index contributed by atoms with van der Waals surface area (Å²) in [5.74, 6) is 0.946. The molecule has 46 heavy (non-hydrogen) atoms. The van der Waals surface area contributed by atoms with Crippen LogP contribution in [0.4, 0.5) is 5.82 Å². The van der Waals surface area contributed by atoms with Gasteiger partial charge >= 0.3 is 5.69 Å². The third-order valence-electron chi connectivity index (χ3n) is 9.42. The van der Waals surface area contributed by atoms with Gasteiger partial charge in [0.1, 0.15) is 29.0 Å². The van der Waals surface area contributed by atoms with Crippen LogP contribution >= 0.6 is 11.6 Å². The predicted molar refractivity (Wildman–Crippen MR) is 185 cm³/mol. The maximum Gasteiger partial charge on any atom is 0.351 e. The number of ether oxygens (including phenoxy) is 3. The molecular formula is C36H44ClN3O5Si. The summed E-state index contributed by atoms with van der Waals surface area (Å²) in [6.45, 7) is 11.2. The van der Waals surface area contributed by atoms with Crippen molar-refractivity contribution in [3.8, 4) is 5.75 Å². The number of nitrogen functional groups attached to an aromatic ring is 1. The number of hydrogen-bond acceptors (Lipinski definition) is 7. The van der Waals surface area contributed by atoms with E-state index in [4.69, 9.17) is 36.0 Å². The van der Waals surface area contributed by atoms with E-state index in [9.17, 15) is 4.79 Å². The monoisotopic (exact) mass is 661 g/mol. The van der Waals surface area contributed by atoms with E-state index in [2.05, 4.69) is 63.1 Å². The summed E-state index contributed by atoms with van der Waals surface area (Å²) in [5.41, 5.74) is 5.88. The Labute approximate surface area is 277 Å². The second-order valence-electron chi connectivity index (χ2n) is 13.3. The number of rotatable bonds is 11. The summed E-state index contributed by atoms with van der Waals surface area (Å²) in [6, 6.07) is 29.7. The molecule has 4 aromatic rings. The van der Waals surface area contributed by atoms with Crippen LogP contribution in [0.25, 0.3) is 0 Å². The molecule has 0 bridgehead atoms. The summed E-state index contributed by atoms with van der Waals surface area (Å²) in [4.78, 5) is 17.0. The Bertz CT molecular complexity index is 1620. The highest BCUT2D eigenvalue weighted by Gasteiger charge is 2.55. The molecule has 5 rings (SSSR count). The van der Waals surface area contributed by atoms with Crippen LogP contribution in [0.15, 0.2) is 102 Å². The number of nitrogens with zero attached hydrogens (tertiary/aromatic N) is 2. The van der Waals surface area contributed by atoms with E-state index >= 15 is 0 Å².